The molecule has 0 bridgehead atoms. The average molecular weight is 272 g/mol. The molecule has 0 aliphatic carbocycles. The van der Waals surface area contributed by atoms with Gasteiger partial charge >= 0.3 is 5.97 Å². The topological polar surface area (TPSA) is 92.4 Å². The van der Waals surface area contributed by atoms with Crippen molar-refractivity contribution in [2.45, 2.75) is 26.0 Å². The van der Waals surface area contributed by atoms with Crippen LogP contribution in [0.2, 0.25) is 0 Å². The number of nitrogens with one attached hydrogen (secondary N) is 1. The van der Waals surface area contributed by atoms with E-state index in [4.69, 9.17) is 9.63 Å². The van der Waals surface area contributed by atoms with Gasteiger partial charge in [0.1, 0.15) is 5.25 Å². The van der Waals surface area contributed by atoms with Crippen LogP contribution in [0.25, 0.3) is 0 Å². The highest BCUT2D eigenvalue weighted by atomic mass is 32.2. The molecule has 1 unspecified atom stereocenters. The Labute approximate surface area is 109 Å². The Morgan fingerprint density at radius 1 is 1.56 bits per heavy atom. The highest BCUT2D eigenvalue weighted by Crippen LogP contribution is 2.20. The van der Waals surface area contributed by atoms with Gasteiger partial charge in [-0.15, -0.1) is 11.8 Å². The standard InChI is InChI=1S/C11H16N2O4S/c1-6(2)10(11(15)16)18-5-8(14)12-9-4-7(3)13-17-9/h4,6,10H,5H2,1-3H3,(H,12,14)(H,15,16). The van der Waals surface area contributed by atoms with E-state index < -0.39 is 11.2 Å². The third kappa shape index (κ3) is 4.40. The van der Waals surface area contributed by atoms with Crippen LogP contribution in [-0.4, -0.2) is 33.1 Å². The predicted molar refractivity (Wildman–Crippen MR) is 68.6 cm³/mol. The summed E-state index contributed by atoms with van der Waals surface area (Å²) < 4.78 is 4.83. The number of carboxylic acid groups (broad SMARTS) is 1. The van der Waals surface area contributed by atoms with Crippen LogP contribution in [0.5, 0.6) is 0 Å². The highest BCUT2D eigenvalue weighted by molar-refractivity contribution is 8.01. The number of anilines is 1. The van der Waals surface area contributed by atoms with E-state index in [9.17, 15) is 9.59 Å². The van der Waals surface area contributed by atoms with Gasteiger partial charge in [0.05, 0.1) is 11.4 Å². The van der Waals surface area contributed by atoms with Crippen LogP contribution >= 0.6 is 11.8 Å². The van der Waals surface area contributed by atoms with Gasteiger partial charge in [-0.05, 0) is 12.8 Å². The number of thioether (sulfide) groups is 1. The largest absolute Gasteiger partial charge is 0.480 e. The van der Waals surface area contributed by atoms with Gasteiger partial charge in [-0.1, -0.05) is 19.0 Å². The van der Waals surface area contributed by atoms with Gasteiger partial charge in [-0.2, -0.15) is 0 Å². The molecule has 6 nitrogen and oxygen atoms in total. The normalized spacial score (nSPS) is 12.4. The number of aryl methyl sites for hydroxylation is 1. The lowest BCUT2D eigenvalue weighted by Crippen LogP contribution is -2.25. The van der Waals surface area contributed by atoms with Crippen molar-refractivity contribution in [3.63, 3.8) is 0 Å². The van der Waals surface area contributed by atoms with E-state index in [1.54, 1.807) is 13.0 Å². The lowest BCUT2D eigenvalue weighted by molar-refractivity contribution is -0.137. The van der Waals surface area contributed by atoms with Gasteiger partial charge in [0, 0.05) is 6.07 Å². The van der Waals surface area contributed by atoms with Crippen molar-refractivity contribution in [2.75, 3.05) is 11.1 Å². The smallest absolute Gasteiger partial charge is 0.316 e. The lowest BCUT2D eigenvalue weighted by atomic mass is 10.1. The van der Waals surface area contributed by atoms with Crippen LogP contribution in [0.1, 0.15) is 19.5 Å². The molecule has 1 heterocycles. The monoisotopic (exact) mass is 272 g/mol. The fourth-order valence-electron chi connectivity index (χ4n) is 1.31. The molecule has 0 saturated carbocycles. The minimum atomic E-state index is -0.904. The van der Waals surface area contributed by atoms with E-state index in [2.05, 4.69) is 10.5 Å². The summed E-state index contributed by atoms with van der Waals surface area (Å²) in [6.07, 6.45) is 0. The summed E-state index contributed by atoms with van der Waals surface area (Å²) in [5, 5.41) is 14.5. The fourth-order valence-corrected chi connectivity index (χ4v) is 2.24. The first-order valence-electron chi connectivity index (χ1n) is 5.47. The average Bonchev–Trinajstić information content (AvgIpc) is 2.62. The van der Waals surface area contributed by atoms with Crippen molar-refractivity contribution in [3.05, 3.63) is 11.8 Å². The van der Waals surface area contributed by atoms with Gasteiger partial charge in [0.25, 0.3) is 0 Å². The van der Waals surface area contributed by atoms with Crippen molar-refractivity contribution >= 4 is 29.5 Å². The van der Waals surface area contributed by atoms with Gasteiger partial charge in [-0.25, -0.2) is 0 Å². The molecule has 1 atom stereocenters. The summed E-state index contributed by atoms with van der Waals surface area (Å²) in [4.78, 5) is 22.5. The van der Waals surface area contributed by atoms with Crippen LogP contribution in [0.3, 0.4) is 0 Å². The van der Waals surface area contributed by atoms with Crippen LogP contribution < -0.4 is 5.32 Å². The molecule has 100 valence electrons. The fraction of sp³-hybridized carbons (Fsp3) is 0.545. The quantitative estimate of drug-likeness (QED) is 0.819. The number of aliphatic carboxylic acids is 1. The lowest BCUT2D eigenvalue weighted by Gasteiger charge is -2.14. The molecule has 1 rings (SSSR count). The van der Waals surface area contributed by atoms with Gasteiger partial charge in [0.2, 0.25) is 11.8 Å². The Hall–Kier alpha value is -1.50. The summed E-state index contributed by atoms with van der Waals surface area (Å²) in [7, 11) is 0. The SMILES string of the molecule is Cc1cc(NC(=O)CSC(C(=O)O)C(C)C)on1. The van der Waals surface area contributed by atoms with Gasteiger partial charge < -0.3 is 9.63 Å². The third-order valence-electron chi connectivity index (χ3n) is 2.13. The zero-order chi connectivity index (χ0) is 13.7. The second-order valence-electron chi connectivity index (χ2n) is 4.19. The molecule has 0 aliphatic rings. The molecule has 2 N–H and O–H groups in total. The Bertz CT molecular complexity index is 430. The zero-order valence-electron chi connectivity index (χ0n) is 10.5. The number of carbonyl (C=O) groups is 2. The molecule has 0 fully saturated rings. The van der Waals surface area contributed by atoms with Crippen molar-refractivity contribution in [1.29, 1.82) is 0 Å². The maximum absolute atomic E-state index is 11.6. The summed E-state index contributed by atoms with van der Waals surface area (Å²) >= 11 is 1.10. The Kier molecular flexibility index (Phi) is 5.21. The molecule has 1 aromatic rings. The van der Waals surface area contributed by atoms with Crippen LogP contribution in [0.15, 0.2) is 10.6 Å². The Morgan fingerprint density at radius 2 is 2.22 bits per heavy atom. The number of hydrogen-bond donors (Lipinski definition) is 2. The number of nitrogens with zero attached hydrogens (tertiary/aromatic N) is 1. The minimum absolute atomic E-state index is 0.0344. The number of carbonyl (C=O) groups excluding carboxylic acids is 1. The van der Waals surface area contributed by atoms with Crippen molar-refractivity contribution < 1.29 is 19.2 Å². The second kappa shape index (κ2) is 6.44. The second-order valence-corrected chi connectivity index (χ2v) is 5.32. The van der Waals surface area contributed by atoms with E-state index in [1.807, 2.05) is 13.8 Å². The van der Waals surface area contributed by atoms with E-state index >= 15 is 0 Å². The maximum Gasteiger partial charge on any atom is 0.316 e. The van der Waals surface area contributed by atoms with Gasteiger partial charge in [-0.3, -0.25) is 14.9 Å². The van der Waals surface area contributed by atoms with E-state index in [-0.39, 0.29) is 23.5 Å². The molecular weight excluding hydrogens is 256 g/mol. The first-order chi connectivity index (χ1) is 8.40. The number of rotatable bonds is 6. The highest BCUT2D eigenvalue weighted by Gasteiger charge is 2.23. The van der Waals surface area contributed by atoms with Crippen LogP contribution in [0, 0.1) is 12.8 Å². The molecule has 0 saturated heterocycles. The van der Waals surface area contributed by atoms with E-state index in [0.29, 0.717) is 5.69 Å². The Balaban J connectivity index is 2.43. The summed E-state index contributed by atoms with van der Waals surface area (Å²) in [5.74, 6) is -0.904. The summed E-state index contributed by atoms with van der Waals surface area (Å²) in [6, 6.07) is 1.60. The van der Waals surface area contributed by atoms with Crippen LogP contribution in [0.4, 0.5) is 5.88 Å². The van der Waals surface area contributed by atoms with Crippen molar-refractivity contribution in [3.8, 4) is 0 Å². The number of hydrogen-bond acceptors (Lipinski definition) is 5. The third-order valence-corrected chi connectivity index (χ3v) is 3.67. The predicted octanol–water partition coefficient (Wildman–Crippen LogP) is 1.76. The zero-order valence-corrected chi connectivity index (χ0v) is 11.3. The number of carboxylic acids is 1. The molecule has 1 aromatic heterocycles. The van der Waals surface area contributed by atoms with Crippen molar-refractivity contribution in [1.82, 2.24) is 5.16 Å². The number of aromatic nitrogens is 1. The molecule has 18 heavy (non-hydrogen) atoms. The molecule has 0 spiro atoms. The molecule has 0 radical (unpaired) electrons. The maximum atomic E-state index is 11.6. The summed E-state index contributed by atoms with van der Waals surface area (Å²) in [6.45, 7) is 5.36. The van der Waals surface area contributed by atoms with E-state index in [0.717, 1.165) is 11.8 Å². The Morgan fingerprint density at radius 3 is 2.67 bits per heavy atom. The first kappa shape index (κ1) is 14.6. The number of amides is 1. The minimum Gasteiger partial charge on any atom is -0.480 e. The molecule has 0 aliphatic heterocycles. The van der Waals surface area contributed by atoms with Crippen LogP contribution in [-0.2, 0) is 9.59 Å². The molecule has 0 aromatic carbocycles. The van der Waals surface area contributed by atoms with Crippen molar-refractivity contribution in [2.24, 2.45) is 5.92 Å². The first-order valence-corrected chi connectivity index (χ1v) is 6.52. The molecule has 7 heteroatoms. The van der Waals surface area contributed by atoms with Gasteiger partial charge in [0.15, 0.2) is 0 Å². The molecular formula is C11H16N2O4S. The summed E-state index contributed by atoms with van der Waals surface area (Å²) in [5.41, 5.74) is 0.670. The van der Waals surface area contributed by atoms with E-state index in [1.165, 1.54) is 0 Å². The molecule has 1 amide bonds.